The summed E-state index contributed by atoms with van der Waals surface area (Å²) >= 11 is 0. The van der Waals surface area contributed by atoms with Crippen LogP contribution in [0.25, 0.3) is 0 Å². The third kappa shape index (κ3) is 3.19. The maximum atomic E-state index is 13.0. The van der Waals surface area contributed by atoms with Crippen molar-refractivity contribution in [1.29, 1.82) is 0 Å². The summed E-state index contributed by atoms with van der Waals surface area (Å²) in [6, 6.07) is 3.45. The second-order valence-corrected chi connectivity index (χ2v) is 11.6. The average molecular weight is 453 g/mol. The fraction of sp³-hybridized carbons (Fsp3) is 0.667. The second-order valence-electron chi connectivity index (χ2n) is 11.6. The number of aromatic nitrogens is 4. The maximum absolute atomic E-state index is 13.0. The number of hydrogen-bond acceptors (Lipinski definition) is 5. The van der Waals surface area contributed by atoms with Crippen molar-refractivity contribution >= 4 is 6.03 Å². The van der Waals surface area contributed by atoms with Crippen LogP contribution in [-0.4, -0.2) is 67.3 Å². The number of likely N-dealkylation sites (tertiary alicyclic amines) is 2. The number of nitrogens with one attached hydrogen (secondary N) is 1. The first-order chi connectivity index (χ1) is 15.8. The maximum Gasteiger partial charge on any atom is 0.320 e. The molecule has 2 N–H and O–H groups in total. The first kappa shape index (κ1) is 19.9. The molecule has 8 nitrogen and oxygen atoms in total. The van der Waals surface area contributed by atoms with Crippen LogP contribution in [0.2, 0.25) is 0 Å². The zero-order valence-corrected chi connectivity index (χ0v) is 18.6. The van der Waals surface area contributed by atoms with Crippen molar-refractivity contribution in [2.45, 2.75) is 56.5 Å². The normalized spacial score (nSPS) is 26.5. The fourth-order valence-corrected chi connectivity index (χ4v) is 6.85. The Balaban J connectivity index is 0.854. The van der Waals surface area contributed by atoms with Gasteiger partial charge in [-0.3, -0.25) is 4.98 Å². The van der Waals surface area contributed by atoms with Gasteiger partial charge in [-0.1, -0.05) is 0 Å². The lowest BCUT2D eigenvalue weighted by Crippen LogP contribution is -2.71. The summed E-state index contributed by atoms with van der Waals surface area (Å²) in [6.07, 6.45) is 8.05. The molecular formula is C24H29FN6O2. The highest BCUT2D eigenvalue weighted by Gasteiger charge is 2.59. The molecule has 0 unspecified atom stereocenters. The summed E-state index contributed by atoms with van der Waals surface area (Å²) in [6.45, 7) is 3.43. The predicted octanol–water partition coefficient (Wildman–Crippen LogP) is 2.57. The molecule has 2 saturated heterocycles. The van der Waals surface area contributed by atoms with Crippen molar-refractivity contribution < 1.29 is 14.3 Å². The van der Waals surface area contributed by atoms with Gasteiger partial charge in [0.25, 0.3) is 0 Å². The molecule has 174 valence electrons. The molecule has 2 amide bonds. The van der Waals surface area contributed by atoms with Crippen molar-refractivity contribution in [1.82, 2.24) is 30.0 Å². The van der Waals surface area contributed by atoms with Crippen molar-refractivity contribution in [3.63, 3.8) is 0 Å². The minimum atomic E-state index is -0.765. The summed E-state index contributed by atoms with van der Waals surface area (Å²) in [5.41, 5.74) is 0.744. The van der Waals surface area contributed by atoms with Gasteiger partial charge in [0.15, 0.2) is 5.82 Å². The number of amides is 2. The molecule has 2 aromatic rings. The van der Waals surface area contributed by atoms with E-state index in [-0.39, 0.29) is 17.3 Å². The van der Waals surface area contributed by atoms with Crippen LogP contribution in [0.4, 0.5) is 9.18 Å². The molecule has 0 bridgehead atoms. The van der Waals surface area contributed by atoms with E-state index in [0.717, 1.165) is 82.6 Å². The van der Waals surface area contributed by atoms with E-state index in [4.69, 9.17) is 0 Å². The Morgan fingerprint density at radius 3 is 2.33 bits per heavy atom. The van der Waals surface area contributed by atoms with E-state index in [2.05, 4.69) is 20.2 Å². The number of carbonyl (C=O) groups excluding carboxylic acids is 1. The molecule has 2 spiro atoms. The Hall–Kier alpha value is -2.55. The Labute approximate surface area is 191 Å². The topological polar surface area (TPSA) is 98.2 Å². The van der Waals surface area contributed by atoms with Crippen LogP contribution in [0.5, 0.6) is 0 Å². The number of aromatic amines is 1. The van der Waals surface area contributed by atoms with Gasteiger partial charge in [0.2, 0.25) is 0 Å². The Bertz CT molecular complexity index is 1080. The number of urea groups is 1. The van der Waals surface area contributed by atoms with E-state index in [1.54, 1.807) is 6.07 Å². The van der Waals surface area contributed by atoms with E-state index < -0.39 is 5.60 Å². The second kappa shape index (κ2) is 6.52. The van der Waals surface area contributed by atoms with E-state index >= 15 is 0 Å². The van der Waals surface area contributed by atoms with Crippen LogP contribution < -0.4 is 0 Å². The predicted molar refractivity (Wildman–Crippen MR) is 116 cm³/mol. The smallest absolute Gasteiger partial charge is 0.320 e. The van der Waals surface area contributed by atoms with Crippen LogP contribution >= 0.6 is 0 Å². The highest BCUT2D eigenvalue weighted by molar-refractivity contribution is 5.77. The monoisotopic (exact) mass is 452 g/mol. The van der Waals surface area contributed by atoms with Crippen LogP contribution in [0.15, 0.2) is 18.3 Å². The molecule has 0 atom stereocenters. The lowest BCUT2D eigenvalue weighted by atomic mass is 9.56. The van der Waals surface area contributed by atoms with Gasteiger partial charge in [-0.25, -0.2) is 9.18 Å². The molecule has 7 rings (SSSR count). The number of halogens is 1. The van der Waals surface area contributed by atoms with Crippen molar-refractivity contribution in [2.75, 3.05) is 26.2 Å². The van der Waals surface area contributed by atoms with Gasteiger partial charge >= 0.3 is 6.03 Å². The zero-order chi connectivity index (χ0) is 22.4. The quantitative estimate of drug-likeness (QED) is 0.743. The van der Waals surface area contributed by atoms with Gasteiger partial charge in [-0.15, -0.1) is 10.2 Å². The molecule has 4 heterocycles. The molecule has 2 aromatic heterocycles. The summed E-state index contributed by atoms with van der Waals surface area (Å²) < 4.78 is 13.0. The van der Waals surface area contributed by atoms with E-state index in [9.17, 15) is 14.3 Å². The number of pyridine rings is 1. The van der Waals surface area contributed by atoms with Gasteiger partial charge in [0, 0.05) is 48.6 Å². The van der Waals surface area contributed by atoms with Crippen LogP contribution in [0.3, 0.4) is 0 Å². The third-order valence-corrected chi connectivity index (χ3v) is 8.79. The summed E-state index contributed by atoms with van der Waals surface area (Å²) in [5.74, 6) is 2.17. The molecule has 0 aromatic carbocycles. The summed E-state index contributed by atoms with van der Waals surface area (Å²) in [7, 11) is 0. The summed E-state index contributed by atoms with van der Waals surface area (Å²) in [5, 5.41) is 18.6. The minimum absolute atomic E-state index is 0.191. The van der Waals surface area contributed by atoms with E-state index in [1.807, 2.05) is 9.80 Å². The minimum Gasteiger partial charge on any atom is -0.382 e. The summed E-state index contributed by atoms with van der Waals surface area (Å²) in [4.78, 5) is 24.3. The first-order valence-corrected chi connectivity index (χ1v) is 12.1. The van der Waals surface area contributed by atoms with Gasteiger partial charge in [0.1, 0.15) is 17.2 Å². The Kier molecular flexibility index (Phi) is 3.93. The molecule has 0 radical (unpaired) electrons. The average Bonchev–Trinajstić information content (AvgIpc) is 3.23. The number of carbonyl (C=O) groups is 1. The van der Waals surface area contributed by atoms with E-state index in [1.165, 1.54) is 12.3 Å². The molecule has 3 saturated carbocycles. The standard InChI is InChI=1S/C24H29FN6O2/c25-17-1-2-18(26-10-17)5-15-6-22(7-15)11-30(12-22)21(32)31-13-23(14-31)8-16(9-23)19-27-20(29-28-19)24(33)3-4-24/h1-2,10,15-16,33H,3-9,11-14H2,(H,27,28,29). The molecular weight excluding hydrogens is 423 g/mol. The molecule has 5 aliphatic rings. The molecule has 9 heteroatoms. The first-order valence-electron chi connectivity index (χ1n) is 12.1. The molecule has 5 fully saturated rings. The van der Waals surface area contributed by atoms with E-state index in [0.29, 0.717) is 23.1 Å². The van der Waals surface area contributed by atoms with Crippen molar-refractivity contribution in [2.24, 2.45) is 16.7 Å². The lowest BCUT2D eigenvalue weighted by Gasteiger charge is -2.63. The van der Waals surface area contributed by atoms with Crippen LogP contribution in [-0.2, 0) is 12.0 Å². The third-order valence-electron chi connectivity index (χ3n) is 8.79. The van der Waals surface area contributed by atoms with Gasteiger partial charge in [0.05, 0.1) is 6.20 Å². The van der Waals surface area contributed by atoms with Gasteiger partial charge in [-0.2, -0.15) is 0 Å². The number of hydrogen-bond donors (Lipinski definition) is 2. The number of nitrogens with zero attached hydrogens (tertiary/aromatic N) is 5. The number of H-pyrrole nitrogens is 1. The van der Waals surface area contributed by atoms with Gasteiger partial charge in [-0.05, 0) is 63.0 Å². The number of aliphatic hydroxyl groups is 1. The van der Waals surface area contributed by atoms with Crippen LogP contribution in [0.1, 0.15) is 61.8 Å². The highest BCUT2D eigenvalue weighted by atomic mass is 19.1. The lowest BCUT2D eigenvalue weighted by molar-refractivity contribution is -0.100. The Morgan fingerprint density at radius 1 is 1.06 bits per heavy atom. The fourth-order valence-electron chi connectivity index (χ4n) is 6.85. The largest absolute Gasteiger partial charge is 0.382 e. The molecule has 2 aliphatic heterocycles. The zero-order valence-electron chi connectivity index (χ0n) is 18.6. The number of rotatable bonds is 4. The van der Waals surface area contributed by atoms with Crippen LogP contribution in [0, 0.1) is 22.6 Å². The Morgan fingerprint density at radius 2 is 1.73 bits per heavy atom. The van der Waals surface area contributed by atoms with Crippen molar-refractivity contribution in [3.8, 4) is 0 Å². The molecule has 33 heavy (non-hydrogen) atoms. The molecule has 3 aliphatic carbocycles. The van der Waals surface area contributed by atoms with Gasteiger partial charge < -0.3 is 19.9 Å². The highest BCUT2D eigenvalue weighted by Crippen LogP contribution is 2.57. The van der Waals surface area contributed by atoms with Crippen molar-refractivity contribution in [3.05, 3.63) is 41.5 Å². The SMILES string of the molecule is O=C(N1CC2(CC(Cc3ccc(F)cn3)C2)C1)N1CC2(CC(c3nnc(C4(O)CC4)[nH]3)C2)C1.